The molecule has 31 heavy (non-hydrogen) atoms. The zero-order chi connectivity index (χ0) is 22.0. The van der Waals surface area contributed by atoms with Crippen LogP contribution >= 0.6 is 0 Å². The number of alkyl halides is 2. The highest BCUT2D eigenvalue weighted by Crippen LogP contribution is 2.26. The van der Waals surface area contributed by atoms with Crippen LogP contribution in [0.5, 0.6) is 0 Å². The van der Waals surface area contributed by atoms with Crippen molar-refractivity contribution in [1.29, 1.82) is 0 Å². The number of benzene rings is 2. The molecule has 1 fully saturated rings. The number of halogens is 2. The molecule has 4 rings (SSSR count). The van der Waals surface area contributed by atoms with Gasteiger partial charge in [0, 0.05) is 13.1 Å². The average molecular weight is 449 g/mol. The van der Waals surface area contributed by atoms with Gasteiger partial charge in [-0.15, -0.1) is 0 Å². The quantitative estimate of drug-likeness (QED) is 0.538. The number of carbonyl (C=O) groups is 1. The van der Waals surface area contributed by atoms with E-state index in [2.05, 4.69) is 4.98 Å². The predicted molar refractivity (Wildman–Crippen MR) is 109 cm³/mol. The summed E-state index contributed by atoms with van der Waals surface area (Å²) in [6, 6.07) is 14.6. The second kappa shape index (κ2) is 8.72. The van der Waals surface area contributed by atoms with Crippen LogP contribution in [-0.2, 0) is 26.2 Å². The van der Waals surface area contributed by atoms with Crippen LogP contribution in [0.15, 0.2) is 59.5 Å². The van der Waals surface area contributed by atoms with E-state index in [1.807, 2.05) is 0 Å². The molecule has 0 bridgehead atoms. The Morgan fingerprint density at radius 3 is 2.39 bits per heavy atom. The summed E-state index contributed by atoms with van der Waals surface area (Å²) >= 11 is 0. The summed E-state index contributed by atoms with van der Waals surface area (Å²) < 4.78 is 59.7. The Labute approximate surface area is 178 Å². The lowest BCUT2D eigenvalue weighted by atomic mass is 9.98. The maximum atomic E-state index is 13.5. The first kappa shape index (κ1) is 21.4. The second-order valence-electron chi connectivity index (χ2n) is 7.26. The number of fused-ring (bicyclic) bond motifs is 1. The molecule has 0 unspecified atom stereocenters. The summed E-state index contributed by atoms with van der Waals surface area (Å²) in [7, 11) is -3.61. The first-order valence-corrected chi connectivity index (χ1v) is 11.3. The van der Waals surface area contributed by atoms with E-state index in [9.17, 15) is 22.0 Å². The molecule has 3 aromatic rings. The van der Waals surface area contributed by atoms with E-state index >= 15 is 0 Å². The van der Waals surface area contributed by atoms with Gasteiger partial charge in [0.05, 0.1) is 21.8 Å². The van der Waals surface area contributed by atoms with Crippen LogP contribution in [0.4, 0.5) is 8.78 Å². The number of aromatic nitrogens is 2. The van der Waals surface area contributed by atoms with E-state index < -0.39 is 28.5 Å². The minimum absolute atomic E-state index is 0.0337. The maximum Gasteiger partial charge on any atom is 0.320 e. The molecule has 1 aliphatic rings. The third-order valence-corrected chi connectivity index (χ3v) is 7.29. The number of piperidine rings is 1. The van der Waals surface area contributed by atoms with Gasteiger partial charge >= 0.3 is 12.5 Å². The summed E-state index contributed by atoms with van der Waals surface area (Å²) in [4.78, 5) is 16.8. The molecule has 7 nitrogen and oxygen atoms in total. The lowest BCUT2D eigenvalue weighted by Crippen LogP contribution is -2.40. The summed E-state index contributed by atoms with van der Waals surface area (Å²) in [5, 5.41) is 0. The number of ether oxygens (including phenoxy) is 1. The van der Waals surface area contributed by atoms with Crippen molar-refractivity contribution >= 4 is 27.0 Å². The molecule has 2 heterocycles. The molecule has 0 amide bonds. The molecular formula is C21H21F2N3O4S. The predicted octanol–water partition coefficient (Wildman–Crippen LogP) is 3.58. The van der Waals surface area contributed by atoms with Crippen LogP contribution in [0, 0.1) is 5.92 Å². The van der Waals surface area contributed by atoms with Crippen molar-refractivity contribution in [2.75, 3.05) is 13.1 Å². The lowest BCUT2D eigenvalue weighted by Gasteiger charge is -2.30. The van der Waals surface area contributed by atoms with E-state index in [-0.39, 0.29) is 35.9 Å². The highest BCUT2D eigenvalue weighted by atomic mass is 32.2. The average Bonchev–Trinajstić information content (AvgIpc) is 3.17. The zero-order valence-electron chi connectivity index (χ0n) is 16.5. The van der Waals surface area contributed by atoms with Crippen LogP contribution in [0.3, 0.4) is 0 Å². The molecule has 0 saturated carbocycles. The van der Waals surface area contributed by atoms with Crippen molar-refractivity contribution < 1.29 is 26.7 Å². The van der Waals surface area contributed by atoms with Gasteiger partial charge in [-0.3, -0.25) is 9.36 Å². The Morgan fingerprint density at radius 2 is 1.71 bits per heavy atom. The second-order valence-corrected chi connectivity index (χ2v) is 9.20. The van der Waals surface area contributed by atoms with E-state index in [4.69, 9.17) is 4.74 Å². The first-order chi connectivity index (χ1) is 14.9. The number of imidazole rings is 1. The van der Waals surface area contributed by atoms with Gasteiger partial charge < -0.3 is 4.74 Å². The topological polar surface area (TPSA) is 81.5 Å². The highest BCUT2D eigenvalue weighted by molar-refractivity contribution is 7.89. The lowest BCUT2D eigenvalue weighted by molar-refractivity contribution is -0.151. The molecule has 164 valence electrons. The molecule has 0 atom stereocenters. The van der Waals surface area contributed by atoms with Crippen molar-refractivity contribution in [2.24, 2.45) is 5.92 Å². The standard InChI is InChI=1S/C21H21F2N3O4S/c22-21(23)26-18-9-5-4-8-17(18)24-19(26)14-30-20(27)15-10-12-25(13-11-15)31(28,29)16-6-2-1-3-7-16/h1-9,15,21H,10-14H2. The summed E-state index contributed by atoms with van der Waals surface area (Å²) in [5.74, 6) is -1.06. The number of sulfonamides is 1. The van der Waals surface area contributed by atoms with E-state index in [0.29, 0.717) is 18.4 Å². The Kier molecular flexibility index (Phi) is 6.01. The zero-order valence-corrected chi connectivity index (χ0v) is 17.3. The summed E-state index contributed by atoms with van der Waals surface area (Å²) in [6.45, 7) is -2.81. The van der Waals surface area contributed by atoms with Gasteiger partial charge in [0.1, 0.15) is 6.61 Å². The van der Waals surface area contributed by atoms with Crippen LogP contribution in [0.2, 0.25) is 0 Å². The fourth-order valence-corrected chi connectivity index (χ4v) is 5.23. The third-order valence-electron chi connectivity index (χ3n) is 5.38. The van der Waals surface area contributed by atoms with Gasteiger partial charge in [0.2, 0.25) is 10.0 Å². The number of hydrogen-bond donors (Lipinski definition) is 0. The van der Waals surface area contributed by atoms with Crippen LogP contribution in [-0.4, -0.2) is 41.3 Å². The minimum atomic E-state index is -3.61. The number of rotatable bonds is 6. The fraction of sp³-hybridized carbons (Fsp3) is 0.333. The maximum absolute atomic E-state index is 13.5. The summed E-state index contributed by atoms with van der Waals surface area (Å²) in [5.41, 5.74) is 0.663. The van der Waals surface area contributed by atoms with Gasteiger partial charge in [-0.2, -0.15) is 13.1 Å². The van der Waals surface area contributed by atoms with Gasteiger partial charge in [-0.05, 0) is 37.1 Å². The summed E-state index contributed by atoms with van der Waals surface area (Å²) in [6.07, 6.45) is 0.603. The number of carbonyl (C=O) groups excluding carboxylic acids is 1. The first-order valence-electron chi connectivity index (χ1n) is 9.84. The van der Waals surface area contributed by atoms with Crippen LogP contribution in [0.25, 0.3) is 11.0 Å². The Hall–Kier alpha value is -2.85. The van der Waals surface area contributed by atoms with Gasteiger partial charge in [-0.1, -0.05) is 30.3 Å². The number of nitrogens with zero attached hydrogens (tertiary/aromatic N) is 3. The van der Waals surface area contributed by atoms with Crippen LogP contribution < -0.4 is 0 Å². The number of esters is 1. The van der Waals surface area contributed by atoms with E-state index in [1.54, 1.807) is 36.4 Å². The van der Waals surface area contributed by atoms with Gasteiger partial charge in [0.25, 0.3) is 0 Å². The number of para-hydroxylation sites is 2. The smallest absolute Gasteiger partial charge is 0.320 e. The Balaban J connectivity index is 1.38. The van der Waals surface area contributed by atoms with Crippen molar-refractivity contribution in [3.8, 4) is 0 Å². The minimum Gasteiger partial charge on any atom is -0.457 e. The molecule has 1 aromatic heterocycles. The third kappa shape index (κ3) is 4.31. The van der Waals surface area contributed by atoms with Gasteiger partial charge in [0.15, 0.2) is 5.82 Å². The van der Waals surface area contributed by atoms with Crippen LogP contribution in [0.1, 0.15) is 25.2 Å². The van der Waals surface area contributed by atoms with Crippen molar-refractivity contribution in [1.82, 2.24) is 13.9 Å². The number of hydrogen-bond acceptors (Lipinski definition) is 5. The molecule has 10 heteroatoms. The van der Waals surface area contributed by atoms with Crippen molar-refractivity contribution in [2.45, 2.75) is 30.9 Å². The molecule has 0 spiro atoms. The molecule has 2 aromatic carbocycles. The SMILES string of the molecule is O=C(OCc1nc2ccccc2n1C(F)F)C1CCN(S(=O)(=O)c2ccccc2)CC1. The molecule has 0 N–H and O–H groups in total. The Morgan fingerprint density at radius 1 is 1.06 bits per heavy atom. The monoisotopic (exact) mass is 449 g/mol. The fourth-order valence-electron chi connectivity index (χ4n) is 3.74. The molecule has 0 radical (unpaired) electrons. The molecule has 1 aliphatic heterocycles. The molecule has 0 aliphatic carbocycles. The van der Waals surface area contributed by atoms with E-state index in [0.717, 1.165) is 4.57 Å². The van der Waals surface area contributed by atoms with Crippen molar-refractivity contribution in [3.05, 3.63) is 60.4 Å². The van der Waals surface area contributed by atoms with E-state index in [1.165, 1.54) is 22.5 Å². The van der Waals surface area contributed by atoms with Crippen molar-refractivity contribution in [3.63, 3.8) is 0 Å². The Bertz CT molecular complexity index is 1170. The van der Waals surface area contributed by atoms with Gasteiger partial charge in [-0.25, -0.2) is 13.4 Å². The highest BCUT2D eigenvalue weighted by Gasteiger charge is 2.33. The molecular weight excluding hydrogens is 428 g/mol. The largest absolute Gasteiger partial charge is 0.457 e. The normalized spacial score (nSPS) is 16.1. The molecule has 1 saturated heterocycles.